The predicted octanol–water partition coefficient (Wildman–Crippen LogP) is 5.54. The summed E-state index contributed by atoms with van der Waals surface area (Å²) in [6, 6.07) is 10.9. The van der Waals surface area contributed by atoms with Crippen molar-refractivity contribution in [2.75, 3.05) is 0 Å². The molecule has 0 amide bonds. The van der Waals surface area contributed by atoms with Crippen LogP contribution in [0.5, 0.6) is 0 Å². The summed E-state index contributed by atoms with van der Waals surface area (Å²) in [4.78, 5) is 0. The van der Waals surface area contributed by atoms with Crippen molar-refractivity contribution < 1.29 is 0 Å². The molecule has 98 valence electrons. The lowest BCUT2D eigenvalue weighted by atomic mass is 9.82. The van der Waals surface area contributed by atoms with Gasteiger partial charge in [-0.1, -0.05) is 60.7 Å². The van der Waals surface area contributed by atoms with Crippen molar-refractivity contribution in [3.63, 3.8) is 0 Å². The number of hydrogen-bond donors (Lipinski definition) is 0. The van der Waals surface area contributed by atoms with Crippen LogP contribution in [0.4, 0.5) is 0 Å². The Bertz CT molecular complexity index is 380. The second kappa shape index (κ2) is 6.78. The van der Waals surface area contributed by atoms with E-state index >= 15 is 0 Å². The molecule has 2 rings (SSSR count). The molecule has 0 unspecified atom stereocenters. The molecule has 1 aromatic carbocycles. The van der Waals surface area contributed by atoms with E-state index in [1.807, 2.05) is 0 Å². The number of rotatable bonds is 4. The first-order chi connectivity index (χ1) is 8.77. The molecule has 0 atom stereocenters. The average Bonchev–Trinajstić information content (AvgIpc) is 2.46. The van der Waals surface area contributed by atoms with Crippen molar-refractivity contribution in [1.29, 1.82) is 0 Å². The average molecular weight is 242 g/mol. The van der Waals surface area contributed by atoms with Crippen LogP contribution in [-0.2, 0) is 6.42 Å². The van der Waals surface area contributed by atoms with E-state index in [4.69, 9.17) is 0 Å². The molecule has 0 nitrogen and oxygen atoms in total. The molecule has 1 aromatic rings. The summed E-state index contributed by atoms with van der Waals surface area (Å²) in [5.74, 6) is 0.884. The van der Waals surface area contributed by atoms with E-state index in [1.165, 1.54) is 50.5 Å². The van der Waals surface area contributed by atoms with Gasteiger partial charge < -0.3 is 0 Å². The first kappa shape index (κ1) is 13.4. The van der Waals surface area contributed by atoms with Gasteiger partial charge in [0, 0.05) is 0 Å². The Kier molecular flexibility index (Phi) is 5.04. The van der Waals surface area contributed by atoms with Crippen molar-refractivity contribution in [3.05, 3.63) is 47.0 Å². The zero-order valence-corrected chi connectivity index (χ0v) is 11.9. The summed E-state index contributed by atoms with van der Waals surface area (Å²) in [7, 11) is 0. The maximum atomic E-state index is 2.37. The Morgan fingerprint density at radius 3 is 2.33 bits per heavy atom. The van der Waals surface area contributed by atoms with Gasteiger partial charge in [0.05, 0.1) is 0 Å². The van der Waals surface area contributed by atoms with Crippen LogP contribution < -0.4 is 0 Å². The zero-order valence-electron chi connectivity index (χ0n) is 11.9. The fourth-order valence-corrected chi connectivity index (χ4v) is 3.06. The second-order valence-corrected chi connectivity index (χ2v) is 5.78. The molecule has 0 heterocycles. The first-order valence-electron chi connectivity index (χ1n) is 7.47. The molecule has 0 radical (unpaired) electrons. The molecule has 0 aromatic heterocycles. The summed E-state index contributed by atoms with van der Waals surface area (Å²) in [5, 5.41) is 0. The van der Waals surface area contributed by atoms with Gasteiger partial charge in [-0.3, -0.25) is 0 Å². The van der Waals surface area contributed by atoms with Gasteiger partial charge in [0.15, 0.2) is 0 Å². The summed E-state index contributed by atoms with van der Waals surface area (Å²) in [5.41, 5.74) is 4.78. The van der Waals surface area contributed by atoms with Crippen LogP contribution in [0.15, 0.2) is 41.5 Å². The van der Waals surface area contributed by atoms with Crippen LogP contribution >= 0.6 is 0 Å². The molecule has 0 N–H and O–H groups in total. The normalized spacial score (nSPS) is 18.6. The molecule has 1 saturated carbocycles. The third-order valence-electron chi connectivity index (χ3n) is 4.52. The minimum absolute atomic E-state index is 0.884. The van der Waals surface area contributed by atoms with E-state index in [-0.39, 0.29) is 0 Å². The second-order valence-electron chi connectivity index (χ2n) is 5.78. The highest BCUT2D eigenvalue weighted by Crippen LogP contribution is 2.31. The Morgan fingerprint density at radius 2 is 1.67 bits per heavy atom. The van der Waals surface area contributed by atoms with Gasteiger partial charge in [0.1, 0.15) is 0 Å². The molecule has 1 aliphatic carbocycles. The third kappa shape index (κ3) is 3.73. The van der Waals surface area contributed by atoms with Crippen LogP contribution in [-0.4, -0.2) is 0 Å². The van der Waals surface area contributed by atoms with Crippen LogP contribution in [0.3, 0.4) is 0 Å². The van der Waals surface area contributed by atoms with E-state index in [9.17, 15) is 0 Å². The summed E-state index contributed by atoms with van der Waals surface area (Å²) >= 11 is 0. The molecular formula is C18H26. The Hall–Kier alpha value is -1.04. The van der Waals surface area contributed by atoms with Crippen LogP contribution in [0.25, 0.3) is 0 Å². The highest BCUT2D eigenvalue weighted by atomic mass is 14.2. The minimum atomic E-state index is 0.884. The number of allylic oxidation sites excluding steroid dienone is 2. The Labute approximate surface area is 112 Å². The molecule has 0 aliphatic heterocycles. The lowest BCUT2D eigenvalue weighted by Gasteiger charge is -2.24. The van der Waals surface area contributed by atoms with Crippen molar-refractivity contribution >= 4 is 0 Å². The van der Waals surface area contributed by atoms with Crippen LogP contribution in [0.1, 0.15) is 57.9 Å². The van der Waals surface area contributed by atoms with Crippen LogP contribution in [0.2, 0.25) is 0 Å². The smallest absolute Gasteiger partial charge is 0.0203 e. The number of aryl methyl sites for hydroxylation is 1. The molecule has 0 heteroatoms. The van der Waals surface area contributed by atoms with Gasteiger partial charge in [-0.2, -0.15) is 0 Å². The van der Waals surface area contributed by atoms with Gasteiger partial charge >= 0.3 is 0 Å². The minimum Gasteiger partial charge on any atom is -0.0738 e. The quantitative estimate of drug-likeness (QED) is 0.608. The fraction of sp³-hybridized carbons (Fsp3) is 0.556. The fourth-order valence-electron chi connectivity index (χ4n) is 3.06. The van der Waals surface area contributed by atoms with E-state index in [1.54, 1.807) is 11.1 Å². The van der Waals surface area contributed by atoms with Crippen molar-refractivity contribution in [1.82, 2.24) is 0 Å². The van der Waals surface area contributed by atoms with E-state index in [2.05, 4.69) is 44.2 Å². The van der Waals surface area contributed by atoms with E-state index in [0.717, 1.165) is 5.92 Å². The summed E-state index contributed by atoms with van der Waals surface area (Å²) < 4.78 is 0. The van der Waals surface area contributed by atoms with Gasteiger partial charge in [0.25, 0.3) is 0 Å². The van der Waals surface area contributed by atoms with Gasteiger partial charge in [0.2, 0.25) is 0 Å². The lowest BCUT2D eigenvalue weighted by Crippen LogP contribution is -2.09. The standard InChI is InChI=1S/C18H26/c1-15(13-14-17-9-5-3-6-10-17)16(2)18-11-7-4-8-12-18/h3,5-6,9-10,18H,4,7-8,11-14H2,1-2H3. The van der Waals surface area contributed by atoms with Crippen LogP contribution in [0, 0.1) is 5.92 Å². The third-order valence-corrected chi connectivity index (χ3v) is 4.52. The molecule has 0 saturated heterocycles. The highest BCUT2D eigenvalue weighted by molar-refractivity contribution is 5.19. The zero-order chi connectivity index (χ0) is 12.8. The molecule has 0 bridgehead atoms. The maximum Gasteiger partial charge on any atom is -0.0203 e. The summed E-state index contributed by atoms with van der Waals surface area (Å²) in [6.07, 6.45) is 9.60. The maximum absolute atomic E-state index is 2.37. The SMILES string of the molecule is CC(CCc1ccccc1)=C(C)C1CCCCC1. The molecular weight excluding hydrogens is 216 g/mol. The van der Waals surface area contributed by atoms with E-state index in [0.29, 0.717) is 0 Å². The monoisotopic (exact) mass is 242 g/mol. The topological polar surface area (TPSA) is 0 Å². The number of benzene rings is 1. The molecule has 18 heavy (non-hydrogen) atoms. The van der Waals surface area contributed by atoms with Gasteiger partial charge in [-0.05, 0) is 51.0 Å². The first-order valence-corrected chi connectivity index (χ1v) is 7.47. The van der Waals surface area contributed by atoms with Crippen molar-refractivity contribution in [2.24, 2.45) is 5.92 Å². The molecule has 0 spiro atoms. The molecule has 1 fully saturated rings. The van der Waals surface area contributed by atoms with Gasteiger partial charge in [-0.15, -0.1) is 0 Å². The van der Waals surface area contributed by atoms with Crippen molar-refractivity contribution in [2.45, 2.75) is 58.8 Å². The van der Waals surface area contributed by atoms with Crippen molar-refractivity contribution in [3.8, 4) is 0 Å². The van der Waals surface area contributed by atoms with Gasteiger partial charge in [-0.25, -0.2) is 0 Å². The predicted molar refractivity (Wildman–Crippen MR) is 79.7 cm³/mol. The van der Waals surface area contributed by atoms with E-state index < -0.39 is 0 Å². The summed E-state index contributed by atoms with van der Waals surface area (Å²) in [6.45, 7) is 4.71. The lowest BCUT2D eigenvalue weighted by molar-refractivity contribution is 0.400. The largest absolute Gasteiger partial charge is 0.0738 e. The number of hydrogen-bond acceptors (Lipinski definition) is 0. The Balaban J connectivity index is 1.91. The highest BCUT2D eigenvalue weighted by Gasteiger charge is 2.16. The Morgan fingerprint density at radius 1 is 1.00 bits per heavy atom. The molecule has 1 aliphatic rings.